The predicted molar refractivity (Wildman–Crippen MR) is 64.2 cm³/mol. The van der Waals surface area contributed by atoms with Crippen LogP contribution in [0.3, 0.4) is 0 Å². The Labute approximate surface area is 99.7 Å². The van der Waals surface area contributed by atoms with Gasteiger partial charge in [0, 0.05) is 19.6 Å². The molecule has 2 heterocycles. The average Bonchev–Trinajstić information content (AvgIpc) is 2.83. The van der Waals surface area contributed by atoms with Gasteiger partial charge in [-0.3, -0.25) is 4.79 Å². The third kappa shape index (κ3) is 3.30. The molecule has 0 amide bonds. The Morgan fingerprint density at radius 1 is 1.35 bits per heavy atom. The highest BCUT2D eigenvalue weighted by molar-refractivity contribution is 5.67. The number of nitrogens with one attached hydrogen (secondary N) is 1. The van der Waals surface area contributed by atoms with Crippen LogP contribution in [-0.4, -0.2) is 40.7 Å². The summed E-state index contributed by atoms with van der Waals surface area (Å²) in [6.07, 6.45) is 5.88. The molecule has 17 heavy (non-hydrogen) atoms. The molecule has 0 atom stereocenters. The van der Waals surface area contributed by atoms with Gasteiger partial charge in [-0.2, -0.15) is 0 Å². The molecular formula is C11H16N4O2. The van der Waals surface area contributed by atoms with Crippen LogP contribution in [0.2, 0.25) is 0 Å². The lowest BCUT2D eigenvalue weighted by atomic mass is 10.4. The molecule has 2 N–H and O–H groups in total. The van der Waals surface area contributed by atoms with Crippen LogP contribution in [0.25, 0.3) is 0 Å². The molecule has 0 radical (unpaired) electrons. The van der Waals surface area contributed by atoms with Crippen molar-refractivity contribution >= 4 is 17.6 Å². The Hall–Kier alpha value is -1.85. The standard InChI is InChI=1S/C11H16N4O2/c16-11(17)3-4-12-9-7-14-10(8-13-9)15-5-1-2-6-15/h7-8H,1-6H2,(H,12,13)(H,16,17). The molecule has 92 valence electrons. The van der Waals surface area contributed by atoms with Gasteiger partial charge in [0.15, 0.2) is 0 Å². The van der Waals surface area contributed by atoms with Gasteiger partial charge in [-0.15, -0.1) is 0 Å². The number of hydrogen-bond acceptors (Lipinski definition) is 5. The zero-order chi connectivity index (χ0) is 12.1. The molecule has 1 aromatic heterocycles. The normalized spacial score (nSPS) is 14.9. The van der Waals surface area contributed by atoms with E-state index in [1.165, 1.54) is 12.8 Å². The molecule has 0 unspecified atom stereocenters. The minimum atomic E-state index is -0.820. The van der Waals surface area contributed by atoms with Gasteiger partial charge in [-0.25, -0.2) is 9.97 Å². The summed E-state index contributed by atoms with van der Waals surface area (Å²) in [5.74, 6) is 0.694. The quantitative estimate of drug-likeness (QED) is 0.793. The molecule has 0 spiro atoms. The van der Waals surface area contributed by atoms with Crippen LogP contribution < -0.4 is 10.2 Å². The summed E-state index contributed by atoms with van der Waals surface area (Å²) in [5, 5.41) is 11.4. The second-order valence-electron chi connectivity index (χ2n) is 4.02. The molecule has 1 aromatic rings. The number of carbonyl (C=O) groups is 1. The number of carboxylic acid groups (broad SMARTS) is 1. The number of nitrogens with zero attached hydrogens (tertiary/aromatic N) is 3. The molecular weight excluding hydrogens is 220 g/mol. The molecule has 0 bridgehead atoms. The summed E-state index contributed by atoms with van der Waals surface area (Å²) in [7, 11) is 0. The van der Waals surface area contributed by atoms with Gasteiger partial charge in [0.25, 0.3) is 0 Å². The van der Waals surface area contributed by atoms with Crippen LogP contribution in [-0.2, 0) is 4.79 Å². The number of carboxylic acids is 1. The van der Waals surface area contributed by atoms with Crippen molar-refractivity contribution in [1.82, 2.24) is 9.97 Å². The summed E-state index contributed by atoms with van der Waals surface area (Å²) in [6.45, 7) is 2.45. The van der Waals surface area contributed by atoms with Gasteiger partial charge in [0.05, 0.1) is 18.8 Å². The molecule has 0 aromatic carbocycles. The fourth-order valence-electron chi connectivity index (χ4n) is 1.82. The van der Waals surface area contributed by atoms with Gasteiger partial charge < -0.3 is 15.3 Å². The highest BCUT2D eigenvalue weighted by Gasteiger charge is 2.13. The second kappa shape index (κ2) is 5.47. The maximum Gasteiger partial charge on any atom is 0.305 e. The van der Waals surface area contributed by atoms with Crippen molar-refractivity contribution in [2.45, 2.75) is 19.3 Å². The van der Waals surface area contributed by atoms with Gasteiger partial charge >= 0.3 is 5.97 Å². The van der Waals surface area contributed by atoms with E-state index in [0.29, 0.717) is 12.4 Å². The van der Waals surface area contributed by atoms with Gasteiger partial charge in [0.2, 0.25) is 0 Å². The zero-order valence-electron chi connectivity index (χ0n) is 9.59. The molecule has 2 rings (SSSR count). The van der Waals surface area contributed by atoms with E-state index in [1.54, 1.807) is 12.4 Å². The van der Waals surface area contributed by atoms with Crippen molar-refractivity contribution in [3.05, 3.63) is 12.4 Å². The fraction of sp³-hybridized carbons (Fsp3) is 0.545. The predicted octanol–water partition coefficient (Wildman–Crippen LogP) is 0.963. The maximum absolute atomic E-state index is 10.3. The highest BCUT2D eigenvalue weighted by atomic mass is 16.4. The average molecular weight is 236 g/mol. The number of aromatic nitrogens is 2. The maximum atomic E-state index is 10.3. The summed E-state index contributed by atoms with van der Waals surface area (Å²) < 4.78 is 0. The first-order chi connectivity index (χ1) is 8.25. The van der Waals surface area contributed by atoms with E-state index in [1.807, 2.05) is 0 Å². The summed E-state index contributed by atoms with van der Waals surface area (Å²) >= 11 is 0. The van der Waals surface area contributed by atoms with Crippen LogP contribution in [0.15, 0.2) is 12.4 Å². The van der Waals surface area contributed by atoms with Crippen LogP contribution in [0.4, 0.5) is 11.6 Å². The summed E-state index contributed by atoms with van der Waals surface area (Å²) in [6, 6.07) is 0. The summed E-state index contributed by atoms with van der Waals surface area (Å²) in [4.78, 5) is 21.1. The number of anilines is 2. The topological polar surface area (TPSA) is 78.3 Å². The second-order valence-corrected chi connectivity index (χ2v) is 4.02. The third-order valence-corrected chi connectivity index (χ3v) is 2.71. The van der Waals surface area contributed by atoms with Gasteiger partial charge in [-0.05, 0) is 12.8 Å². The Kier molecular flexibility index (Phi) is 3.74. The van der Waals surface area contributed by atoms with Crippen LogP contribution in [0.5, 0.6) is 0 Å². The smallest absolute Gasteiger partial charge is 0.305 e. The number of aliphatic carboxylic acids is 1. The van der Waals surface area contributed by atoms with E-state index in [-0.39, 0.29) is 6.42 Å². The van der Waals surface area contributed by atoms with Gasteiger partial charge in [-0.1, -0.05) is 0 Å². The van der Waals surface area contributed by atoms with E-state index < -0.39 is 5.97 Å². The number of rotatable bonds is 5. The molecule has 1 saturated heterocycles. The van der Waals surface area contributed by atoms with E-state index in [0.717, 1.165) is 18.9 Å². The molecule has 0 aliphatic carbocycles. The lowest BCUT2D eigenvalue weighted by Crippen LogP contribution is -2.19. The van der Waals surface area contributed by atoms with Crippen molar-refractivity contribution in [3.63, 3.8) is 0 Å². The van der Waals surface area contributed by atoms with E-state index >= 15 is 0 Å². The molecule has 6 nitrogen and oxygen atoms in total. The van der Waals surface area contributed by atoms with Crippen LogP contribution in [0, 0.1) is 0 Å². The lowest BCUT2D eigenvalue weighted by molar-refractivity contribution is -0.136. The molecule has 1 aliphatic heterocycles. The first-order valence-corrected chi connectivity index (χ1v) is 5.78. The number of hydrogen-bond donors (Lipinski definition) is 2. The first kappa shape index (κ1) is 11.6. The van der Waals surface area contributed by atoms with Gasteiger partial charge in [0.1, 0.15) is 11.6 Å². The highest BCUT2D eigenvalue weighted by Crippen LogP contribution is 2.16. The monoisotopic (exact) mass is 236 g/mol. The largest absolute Gasteiger partial charge is 0.481 e. The first-order valence-electron chi connectivity index (χ1n) is 5.78. The van der Waals surface area contributed by atoms with E-state index in [9.17, 15) is 4.79 Å². The SMILES string of the molecule is O=C(O)CCNc1cnc(N2CCCC2)cn1. The Bertz CT molecular complexity index is 374. The van der Waals surface area contributed by atoms with Crippen molar-refractivity contribution in [2.75, 3.05) is 29.9 Å². The molecule has 6 heteroatoms. The fourth-order valence-corrected chi connectivity index (χ4v) is 1.82. The van der Waals surface area contributed by atoms with Crippen LogP contribution in [0.1, 0.15) is 19.3 Å². The molecule has 1 fully saturated rings. The Morgan fingerprint density at radius 3 is 2.71 bits per heavy atom. The summed E-state index contributed by atoms with van der Waals surface area (Å²) in [5.41, 5.74) is 0. The van der Waals surface area contributed by atoms with E-state index in [2.05, 4.69) is 20.2 Å². The Morgan fingerprint density at radius 2 is 2.12 bits per heavy atom. The third-order valence-electron chi connectivity index (χ3n) is 2.71. The van der Waals surface area contributed by atoms with Crippen molar-refractivity contribution in [3.8, 4) is 0 Å². The lowest BCUT2D eigenvalue weighted by Gasteiger charge is -2.15. The minimum Gasteiger partial charge on any atom is -0.481 e. The minimum absolute atomic E-state index is 0.0789. The van der Waals surface area contributed by atoms with Crippen molar-refractivity contribution in [2.24, 2.45) is 0 Å². The van der Waals surface area contributed by atoms with Crippen molar-refractivity contribution < 1.29 is 9.90 Å². The van der Waals surface area contributed by atoms with E-state index in [4.69, 9.17) is 5.11 Å². The van der Waals surface area contributed by atoms with Crippen molar-refractivity contribution in [1.29, 1.82) is 0 Å². The van der Waals surface area contributed by atoms with Crippen LogP contribution >= 0.6 is 0 Å². The molecule has 0 saturated carbocycles. The Balaban J connectivity index is 1.86. The zero-order valence-corrected chi connectivity index (χ0v) is 9.59. The molecule has 1 aliphatic rings.